The Morgan fingerprint density at radius 3 is 3.15 bits per heavy atom. The van der Waals surface area contributed by atoms with Gasteiger partial charge in [0.25, 0.3) is 0 Å². The first kappa shape index (κ1) is 9.78. The van der Waals surface area contributed by atoms with E-state index >= 15 is 0 Å². The van der Waals surface area contributed by atoms with Gasteiger partial charge in [-0.1, -0.05) is 18.2 Å². The molecule has 0 bridgehead atoms. The molecule has 2 heteroatoms. The summed E-state index contributed by atoms with van der Waals surface area (Å²) in [6.45, 7) is 3.97. The van der Waals surface area contributed by atoms with E-state index in [9.17, 15) is 4.79 Å². The van der Waals surface area contributed by atoms with E-state index in [0.717, 1.165) is 18.4 Å². The number of esters is 1. The van der Waals surface area contributed by atoms with Crippen LogP contribution in [0.4, 0.5) is 0 Å². The molecule has 2 nitrogen and oxygen atoms in total. The monoisotopic (exact) mass is 178 g/mol. The van der Waals surface area contributed by atoms with Crippen LogP contribution >= 0.6 is 0 Å². The van der Waals surface area contributed by atoms with E-state index in [1.54, 1.807) is 12.2 Å². The molecule has 0 aromatic heterocycles. The van der Waals surface area contributed by atoms with Crippen LogP contribution in [0, 0.1) is 0 Å². The fraction of sp³-hybridized carbons (Fsp3) is 0.364. The van der Waals surface area contributed by atoms with Crippen LogP contribution in [0.1, 0.15) is 19.3 Å². The van der Waals surface area contributed by atoms with Crippen LogP contribution in [0.3, 0.4) is 0 Å². The minimum Gasteiger partial charge on any atom is -0.462 e. The molecule has 0 radical (unpaired) electrons. The Hall–Kier alpha value is -1.31. The molecule has 0 heterocycles. The molecule has 1 rings (SSSR count). The summed E-state index contributed by atoms with van der Waals surface area (Å²) in [7, 11) is 0. The molecular formula is C11H14O2. The number of hydrogen-bond donors (Lipinski definition) is 0. The lowest BCUT2D eigenvalue weighted by Crippen LogP contribution is -2.02. The van der Waals surface area contributed by atoms with Crippen molar-refractivity contribution in [1.29, 1.82) is 0 Å². The van der Waals surface area contributed by atoms with E-state index < -0.39 is 0 Å². The van der Waals surface area contributed by atoms with Crippen molar-refractivity contribution >= 4 is 5.97 Å². The Labute approximate surface area is 78.6 Å². The van der Waals surface area contributed by atoms with Crippen LogP contribution in [0.5, 0.6) is 0 Å². The Kier molecular flexibility index (Phi) is 4.03. The van der Waals surface area contributed by atoms with E-state index in [1.807, 2.05) is 6.08 Å². The topological polar surface area (TPSA) is 26.3 Å². The standard InChI is InChI=1S/C11H14O2/c1-2-3-8-13-11(12)9-10-6-4-5-7-10/h2,4,6,9H,1,3,5,7-8H2. The number of allylic oxidation sites excluding steroid dienone is 3. The molecule has 0 aromatic carbocycles. The summed E-state index contributed by atoms with van der Waals surface area (Å²) in [4.78, 5) is 11.1. The number of carbonyl (C=O) groups excluding carboxylic acids is 1. The maximum atomic E-state index is 11.1. The zero-order valence-corrected chi connectivity index (χ0v) is 7.66. The summed E-state index contributed by atoms with van der Waals surface area (Å²) >= 11 is 0. The fourth-order valence-corrected chi connectivity index (χ4v) is 1.12. The van der Waals surface area contributed by atoms with Crippen LogP contribution in [-0.4, -0.2) is 12.6 Å². The first-order valence-electron chi connectivity index (χ1n) is 4.47. The molecular weight excluding hydrogens is 164 g/mol. The van der Waals surface area contributed by atoms with Crippen LogP contribution < -0.4 is 0 Å². The van der Waals surface area contributed by atoms with Crippen molar-refractivity contribution in [3.63, 3.8) is 0 Å². The van der Waals surface area contributed by atoms with E-state index in [-0.39, 0.29) is 5.97 Å². The summed E-state index contributed by atoms with van der Waals surface area (Å²) in [5.74, 6) is -0.247. The second kappa shape index (κ2) is 5.36. The van der Waals surface area contributed by atoms with E-state index in [2.05, 4.69) is 12.7 Å². The molecule has 70 valence electrons. The van der Waals surface area contributed by atoms with Gasteiger partial charge in [0, 0.05) is 6.08 Å². The molecule has 0 fully saturated rings. The molecule has 1 aliphatic rings. The van der Waals surface area contributed by atoms with Gasteiger partial charge in [-0.05, 0) is 24.8 Å². The normalized spacial score (nSPS) is 17.7. The van der Waals surface area contributed by atoms with Crippen molar-refractivity contribution in [1.82, 2.24) is 0 Å². The molecule has 1 aliphatic carbocycles. The number of ether oxygens (including phenoxy) is 1. The van der Waals surface area contributed by atoms with Gasteiger partial charge < -0.3 is 4.74 Å². The van der Waals surface area contributed by atoms with Crippen molar-refractivity contribution in [2.75, 3.05) is 6.61 Å². The minimum absolute atomic E-state index is 0.247. The molecule has 0 saturated carbocycles. The van der Waals surface area contributed by atoms with Crippen LogP contribution in [0.2, 0.25) is 0 Å². The largest absolute Gasteiger partial charge is 0.462 e. The lowest BCUT2D eigenvalue weighted by atomic mass is 10.2. The van der Waals surface area contributed by atoms with Gasteiger partial charge >= 0.3 is 5.97 Å². The maximum Gasteiger partial charge on any atom is 0.331 e. The Balaban J connectivity index is 2.27. The summed E-state index contributed by atoms with van der Waals surface area (Å²) in [6, 6.07) is 0. The fourth-order valence-electron chi connectivity index (χ4n) is 1.12. The van der Waals surface area contributed by atoms with E-state index in [4.69, 9.17) is 4.74 Å². The lowest BCUT2D eigenvalue weighted by molar-refractivity contribution is -0.137. The lowest BCUT2D eigenvalue weighted by Gasteiger charge is -1.98. The molecule has 0 amide bonds. The van der Waals surface area contributed by atoms with Crippen molar-refractivity contribution in [2.24, 2.45) is 0 Å². The van der Waals surface area contributed by atoms with Gasteiger partial charge in [-0.15, -0.1) is 6.58 Å². The molecule has 0 spiro atoms. The van der Waals surface area contributed by atoms with Gasteiger partial charge in [0.1, 0.15) is 0 Å². The third-order valence-corrected chi connectivity index (χ3v) is 1.80. The van der Waals surface area contributed by atoms with Crippen molar-refractivity contribution in [2.45, 2.75) is 19.3 Å². The van der Waals surface area contributed by atoms with Gasteiger partial charge in [0.2, 0.25) is 0 Å². The van der Waals surface area contributed by atoms with Crippen LogP contribution in [0.25, 0.3) is 0 Å². The first-order valence-corrected chi connectivity index (χ1v) is 4.47. The van der Waals surface area contributed by atoms with Gasteiger partial charge in [0.15, 0.2) is 0 Å². The Morgan fingerprint density at radius 2 is 2.54 bits per heavy atom. The van der Waals surface area contributed by atoms with Gasteiger partial charge in [-0.25, -0.2) is 4.79 Å². The summed E-state index contributed by atoms with van der Waals surface area (Å²) < 4.78 is 4.92. The summed E-state index contributed by atoms with van der Waals surface area (Å²) in [6.07, 6.45) is 10.0. The molecule has 0 saturated heterocycles. The average molecular weight is 178 g/mol. The van der Waals surface area contributed by atoms with Gasteiger partial charge in [0.05, 0.1) is 6.61 Å². The third-order valence-electron chi connectivity index (χ3n) is 1.80. The van der Waals surface area contributed by atoms with Crippen molar-refractivity contribution < 1.29 is 9.53 Å². The second-order valence-corrected chi connectivity index (χ2v) is 2.91. The highest BCUT2D eigenvalue weighted by Gasteiger charge is 2.03. The molecule has 0 aliphatic heterocycles. The highest BCUT2D eigenvalue weighted by atomic mass is 16.5. The minimum atomic E-state index is -0.247. The molecule has 0 aromatic rings. The molecule has 0 atom stereocenters. The number of carbonyl (C=O) groups is 1. The second-order valence-electron chi connectivity index (χ2n) is 2.91. The SMILES string of the molecule is C=CCCOC(=O)C=C1C=CCC1. The molecule has 0 N–H and O–H groups in total. The number of hydrogen-bond acceptors (Lipinski definition) is 2. The van der Waals surface area contributed by atoms with Gasteiger partial charge in [-0.2, -0.15) is 0 Å². The number of rotatable bonds is 4. The van der Waals surface area contributed by atoms with Gasteiger partial charge in [-0.3, -0.25) is 0 Å². The van der Waals surface area contributed by atoms with Crippen LogP contribution in [0.15, 0.2) is 36.5 Å². The first-order chi connectivity index (χ1) is 6.33. The predicted molar refractivity (Wildman–Crippen MR) is 52.2 cm³/mol. The predicted octanol–water partition coefficient (Wildman–Crippen LogP) is 2.38. The highest BCUT2D eigenvalue weighted by Crippen LogP contribution is 2.15. The summed E-state index contributed by atoms with van der Waals surface area (Å²) in [5, 5.41) is 0. The summed E-state index contributed by atoms with van der Waals surface area (Å²) in [5.41, 5.74) is 1.06. The molecule has 13 heavy (non-hydrogen) atoms. The quantitative estimate of drug-likeness (QED) is 0.286. The zero-order valence-electron chi connectivity index (χ0n) is 7.66. The zero-order chi connectivity index (χ0) is 9.52. The Bertz CT molecular complexity index is 249. The van der Waals surface area contributed by atoms with Crippen molar-refractivity contribution in [3.8, 4) is 0 Å². The average Bonchev–Trinajstić information content (AvgIpc) is 2.57. The van der Waals surface area contributed by atoms with E-state index in [0.29, 0.717) is 13.0 Å². The Morgan fingerprint density at radius 1 is 1.69 bits per heavy atom. The van der Waals surface area contributed by atoms with Crippen LogP contribution in [-0.2, 0) is 9.53 Å². The highest BCUT2D eigenvalue weighted by molar-refractivity contribution is 5.83. The van der Waals surface area contributed by atoms with Crippen molar-refractivity contribution in [3.05, 3.63) is 36.5 Å². The van der Waals surface area contributed by atoms with E-state index in [1.165, 1.54) is 0 Å². The smallest absolute Gasteiger partial charge is 0.331 e. The third kappa shape index (κ3) is 3.74. The maximum absolute atomic E-state index is 11.1. The molecule has 0 unspecified atom stereocenters.